The minimum atomic E-state index is 0.0192. The maximum Gasteiger partial charge on any atom is 0.317 e. The fourth-order valence-electron chi connectivity index (χ4n) is 3.26. The lowest BCUT2D eigenvalue weighted by Crippen LogP contribution is -2.52. The summed E-state index contributed by atoms with van der Waals surface area (Å²) in [5.74, 6) is 0.431. The first-order chi connectivity index (χ1) is 11.2. The lowest BCUT2D eigenvalue weighted by Gasteiger charge is -2.34. The number of carbonyl (C=O) groups is 1. The number of ether oxygens (including phenoxy) is 2. The van der Waals surface area contributed by atoms with Crippen LogP contribution in [0.15, 0.2) is 30.3 Å². The van der Waals surface area contributed by atoms with Crippen LogP contribution >= 0.6 is 0 Å². The Balaban J connectivity index is 1.50. The Kier molecular flexibility index (Phi) is 5.51. The summed E-state index contributed by atoms with van der Waals surface area (Å²) >= 11 is 0. The molecule has 3 rings (SSSR count). The fourth-order valence-corrected chi connectivity index (χ4v) is 3.26. The van der Waals surface area contributed by atoms with Gasteiger partial charge in [-0.25, -0.2) is 4.79 Å². The van der Waals surface area contributed by atoms with Gasteiger partial charge < -0.3 is 19.7 Å². The third-order valence-electron chi connectivity index (χ3n) is 4.76. The average Bonchev–Trinajstić information content (AvgIpc) is 3.10. The molecule has 2 aliphatic rings. The van der Waals surface area contributed by atoms with Crippen molar-refractivity contribution in [1.82, 2.24) is 10.2 Å². The van der Waals surface area contributed by atoms with Crippen LogP contribution in [0.25, 0.3) is 0 Å². The number of benzene rings is 1. The molecule has 126 valence electrons. The molecule has 2 amide bonds. The molecule has 5 nitrogen and oxygen atoms in total. The summed E-state index contributed by atoms with van der Waals surface area (Å²) in [6, 6.07) is 10.5. The van der Waals surface area contributed by atoms with E-state index in [1.807, 2.05) is 23.1 Å². The minimum absolute atomic E-state index is 0.0192. The maximum atomic E-state index is 12.5. The van der Waals surface area contributed by atoms with Gasteiger partial charge >= 0.3 is 6.03 Å². The van der Waals surface area contributed by atoms with Gasteiger partial charge in [0.25, 0.3) is 0 Å². The average molecular weight is 318 g/mol. The quantitative estimate of drug-likeness (QED) is 0.924. The van der Waals surface area contributed by atoms with Gasteiger partial charge in [-0.15, -0.1) is 0 Å². The third kappa shape index (κ3) is 4.45. The van der Waals surface area contributed by atoms with E-state index in [4.69, 9.17) is 9.47 Å². The van der Waals surface area contributed by atoms with E-state index in [2.05, 4.69) is 24.4 Å². The second-order valence-corrected chi connectivity index (χ2v) is 6.49. The zero-order valence-corrected chi connectivity index (χ0v) is 13.7. The van der Waals surface area contributed by atoms with Crippen molar-refractivity contribution in [1.29, 1.82) is 0 Å². The highest BCUT2D eigenvalue weighted by Crippen LogP contribution is 2.17. The van der Waals surface area contributed by atoms with Crippen LogP contribution in [0, 0.1) is 5.92 Å². The van der Waals surface area contributed by atoms with Crippen molar-refractivity contribution in [3.05, 3.63) is 35.9 Å². The monoisotopic (exact) mass is 318 g/mol. The molecule has 2 aliphatic heterocycles. The Labute approximate surface area is 137 Å². The van der Waals surface area contributed by atoms with Crippen LogP contribution in [-0.2, 0) is 15.9 Å². The largest absolute Gasteiger partial charge is 0.381 e. The van der Waals surface area contributed by atoms with Gasteiger partial charge in [0.1, 0.15) is 0 Å². The molecular formula is C18H26N2O3. The van der Waals surface area contributed by atoms with Gasteiger partial charge in [-0.2, -0.15) is 0 Å². The van der Waals surface area contributed by atoms with Crippen molar-refractivity contribution in [2.24, 2.45) is 5.92 Å². The summed E-state index contributed by atoms with van der Waals surface area (Å²) in [7, 11) is 0. The van der Waals surface area contributed by atoms with E-state index >= 15 is 0 Å². The number of rotatable bonds is 4. The predicted octanol–water partition coefficient (Wildman–Crippen LogP) is 2.06. The zero-order valence-electron chi connectivity index (χ0n) is 13.7. The van der Waals surface area contributed by atoms with Crippen molar-refractivity contribution in [2.45, 2.75) is 31.9 Å². The van der Waals surface area contributed by atoms with Crippen molar-refractivity contribution in [3.8, 4) is 0 Å². The van der Waals surface area contributed by atoms with Crippen LogP contribution in [0.1, 0.15) is 18.9 Å². The van der Waals surface area contributed by atoms with E-state index in [1.54, 1.807) is 0 Å². The maximum absolute atomic E-state index is 12.5. The van der Waals surface area contributed by atoms with E-state index in [-0.39, 0.29) is 18.2 Å². The third-order valence-corrected chi connectivity index (χ3v) is 4.76. The molecule has 2 fully saturated rings. The zero-order chi connectivity index (χ0) is 16.1. The Morgan fingerprint density at radius 3 is 2.91 bits per heavy atom. The summed E-state index contributed by atoms with van der Waals surface area (Å²) in [6.45, 7) is 5.54. The Morgan fingerprint density at radius 2 is 2.17 bits per heavy atom. The van der Waals surface area contributed by atoms with Gasteiger partial charge in [-0.1, -0.05) is 30.3 Å². The van der Waals surface area contributed by atoms with Crippen molar-refractivity contribution in [3.63, 3.8) is 0 Å². The summed E-state index contributed by atoms with van der Waals surface area (Å²) in [4.78, 5) is 14.4. The number of morpholine rings is 1. The van der Waals surface area contributed by atoms with E-state index in [9.17, 15) is 4.79 Å². The molecule has 5 heteroatoms. The van der Waals surface area contributed by atoms with Crippen molar-refractivity contribution < 1.29 is 14.3 Å². The Morgan fingerprint density at radius 1 is 1.35 bits per heavy atom. The van der Waals surface area contributed by atoms with Crippen LogP contribution in [-0.4, -0.2) is 56.0 Å². The first-order valence-corrected chi connectivity index (χ1v) is 8.51. The van der Waals surface area contributed by atoms with Crippen LogP contribution in [0.5, 0.6) is 0 Å². The number of nitrogens with zero attached hydrogens (tertiary/aromatic N) is 1. The van der Waals surface area contributed by atoms with E-state index in [1.165, 1.54) is 5.56 Å². The van der Waals surface area contributed by atoms with Gasteiger partial charge in [0.05, 0.1) is 19.3 Å². The van der Waals surface area contributed by atoms with Gasteiger partial charge in [-0.05, 0) is 18.9 Å². The van der Waals surface area contributed by atoms with E-state index in [0.717, 1.165) is 26.1 Å². The number of hydrogen-bond donors (Lipinski definition) is 1. The number of hydrogen-bond acceptors (Lipinski definition) is 3. The molecule has 0 spiro atoms. The molecule has 2 saturated heterocycles. The van der Waals surface area contributed by atoms with Gasteiger partial charge in [0.15, 0.2) is 0 Å². The van der Waals surface area contributed by atoms with Crippen LogP contribution < -0.4 is 5.32 Å². The SMILES string of the molecule is C[C@H](NC(=O)N1CCO[C@@H](Cc2ccccc2)C1)[C@H]1CCOC1. The van der Waals surface area contributed by atoms with Crippen LogP contribution in [0.2, 0.25) is 0 Å². The predicted molar refractivity (Wildman–Crippen MR) is 88.4 cm³/mol. The fraction of sp³-hybridized carbons (Fsp3) is 0.611. The summed E-state index contributed by atoms with van der Waals surface area (Å²) in [5, 5.41) is 3.13. The molecule has 2 heterocycles. The summed E-state index contributed by atoms with van der Waals surface area (Å²) in [6.07, 6.45) is 1.94. The molecule has 0 saturated carbocycles. The summed E-state index contributed by atoms with van der Waals surface area (Å²) < 4.78 is 11.2. The molecule has 0 unspecified atom stereocenters. The summed E-state index contributed by atoms with van der Waals surface area (Å²) in [5.41, 5.74) is 1.25. The molecule has 1 aromatic rings. The first kappa shape index (κ1) is 16.3. The second kappa shape index (κ2) is 7.79. The molecule has 23 heavy (non-hydrogen) atoms. The normalized spacial score (nSPS) is 26.0. The number of nitrogens with one attached hydrogen (secondary N) is 1. The van der Waals surface area contributed by atoms with Gasteiger partial charge in [-0.3, -0.25) is 0 Å². The van der Waals surface area contributed by atoms with Gasteiger partial charge in [0, 0.05) is 38.1 Å². The van der Waals surface area contributed by atoms with E-state index < -0.39 is 0 Å². The Bertz CT molecular complexity index is 502. The smallest absolute Gasteiger partial charge is 0.317 e. The molecule has 0 radical (unpaired) electrons. The molecule has 3 atom stereocenters. The standard InChI is InChI=1S/C18H26N2O3/c1-14(16-7-9-22-13-16)19-18(21)20-8-10-23-17(12-20)11-15-5-3-2-4-6-15/h2-6,14,16-17H,7-13H2,1H3,(H,19,21)/t14-,16-,17-/m0/s1. The van der Waals surface area contributed by atoms with Crippen LogP contribution in [0.4, 0.5) is 4.79 Å². The molecular weight excluding hydrogens is 292 g/mol. The number of carbonyl (C=O) groups excluding carboxylic acids is 1. The minimum Gasteiger partial charge on any atom is -0.381 e. The van der Waals surface area contributed by atoms with Gasteiger partial charge in [0.2, 0.25) is 0 Å². The number of amides is 2. The molecule has 0 aliphatic carbocycles. The molecule has 0 aromatic heterocycles. The molecule has 0 bridgehead atoms. The second-order valence-electron chi connectivity index (χ2n) is 6.49. The van der Waals surface area contributed by atoms with E-state index in [0.29, 0.717) is 25.6 Å². The lowest BCUT2D eigenvalue weighted by atomic mass is 10.0. The lowest BCUT2D eigenvalue weighted by molar-refractivity contribution is -0.0138. The highest BCUT2D eigenvalue weighted by molar-refractivity contribution is 5.74. The van der Waals surface area contributed by atoms with Crippen molar-refractivity contribution in [2.75, 3.05) is 32.9 Å². The first-order valence-electron chi connectivity index (χ1n) is 8.51. The molecule has 1 N–H and O–H groups in total. The highest BCUT2D eigenvalue weighted by Gasteiger charge is 2.28. The topological polar surface area (TPSA) is 50.8 Å². The Hall–Kier alpha value is -1.59. The molecule has 1 aromatic carbocycles. The van der Waals surface area contributed by atoms with Crippen LogP contribution in [0.3, 0.4) is 0 Å². The number of urea groups is 1. The van der Waals surface area contributed by atoms with Crippen molar-refractivity contribution >= 4 is 6.03 Å². The highest BCUT2D eigenvalue weighted by atomic mass is 16.5.